The highest BCUT2D eigenvalue weighted by Crippen LogP contribution is 2.17. The van der Waals surface area contributed by atoms with Crippen molar-refractivity contribution in [1.82, 2.24) is 25.4 Å². The molecule has 6 nitrogen and oxygen atoms in total. The molecular formula is C14H25N5O. The first-order chi connectivity index (χ1) is 9.38. The minimum absolute atomic E-state index is 0.130. The molecule has 0 saturated carbocycles. The number of carbonyl (C=O) groups is 1. The monoisotopic (exact) mass is 279 g/mol. The number of aromatic amines is 1. The predicted octanol–water partition coefficient (Wildman–Crippen LogP) is 1.32. The Morgan fingerprint density at radius 1 is 1.45 bits per heavy atom. The van der Waals surface area contributed by atoms with E-state index in [0.29, 0.717) is 12.6 Å². The summed E-state index contributed by atoms with van der Waals surface area (Å²) in [5.41, 5.74) is -0.130. The smallest absolute Gasteiger partial charge is 0.291 e. The molecule has 1 saturated heterocycles. The van der Waals surface area contributed by atoms with E-state index in [-0.39, 0.29) is 17.1 Å². The Bertz CT molecular complexity index is 462. The molecule has 0 radical (unpaired) electrons. The first-order valence-electron chi connectivity index (χ1n) is 7.29. The maximum Gasteiger partial charge on any atom is 0.291 e. The Labute approximate surface area is 120 Å². The van der Waals surface area contributed by atoms with Crippen molar-refractivity contribution in [1.29, 1.82) is 0 Å². The molecule has 1 fully saturated rings. The second-order valence-electron chi connectivity index (χ2n) is 6.60. The zero-order valence-electron chi connectivity index (χ0n) is 12.9. The highest BCUT2D eigenvalue weighted by atomic mass is 16.2. The van der Waals surface area contributed by atoms with E-state index in [1.165, 1.54) is 12.8 Å². The lowest BCUT2D eigenvalue weighted by atomic mass is 9.96. The van der Waals surface area contributed by atoms with Crippen molar-refractivity contribution >= 4 is 5.91 Å². The molecule has 6 heteroatoms. The molecule has 2 rings (SSSR count). The van der Waals surface area contributed by atoms with Gasteiger partial charge < -0.3 is 10.2 Å². The summed E-state index contributed by atoms with van der Waals surface area (Å²) in [5.74, 6) is 0.765. The van der Waals surface area contributed by atoms with E-state index < -0.39 is 0 Å². The van der Waals surface area contributed by atoms with Gasteiger partial charge in [-0.3, -0.25) is 9.89 Å². The summed E-state index contributed by atoms with van der Waals surface area (Å²) in [4.78, 5) is 18.6. The van der Waals surface area contributed by atoms with Crippen molar-refractivity contribution in [3.8, 4) is 0 Å². The number of piperidine rings is 1. The summed E-state index contributed by atoms with van der Waals surface area (Å²) >= 11 is 0. The predicted molar refractivity (Wildman–Crippen MR) is 77.7 cm³/mol. The molecule has 2 heterocycles. The zero-order chi connectivity index (χ0) is 14.8. The second-order valence-corrected chi connectivity index (χ2v) is 6.60. The molecule has 1 aliphatic rings. The van der Waals surface area contributed by atoms with Crippen LogP contribution in [0.4, 0.5) is 0 Å². The lowest BCUT2D eigenvalue weighted by Crippen LogP contribution is -2.44. The number of aromatic nitrogens is 3. The summed E-state index contributed by atoms with van der Waals surface area (Å²) in [5, 5.41) is 9.78. The number of nitrogens with zero attached hydrogens (tertiary/aromatic N) is 3. The number of likely N-dealkylation sites (tertiary alicyclic amines) is 1. The van der Waals surface area contributed by atoms with E-state index in [9.17, 15) is 4.79 Å². The lowest BCUT2D eigenvalue weighted by molar-refractivity contribution is 0.0918. The minimum atomic E-state index is -0.198. The minimum Gasteiger partial charge on any atom is -0.348 e. The number of nitrogens with one attached hydrogen (secondary N) is 2. The van der Waals surface area contributed by atoms with Crippen LogP contribution in [0.2, 0.25) is 0 Å². The number of H-pyrrole nitrogens is 1. The van der Waals surface area contributed by atoms with E-state index in [1.54, 1.807) is 0 Å². The topological polar surface area (TPSA) is 73.9 Å². The van der Waals surface area contributed by atoms with Gasteiger partial charge >= 0.3 is 0 Å². The number of carbonyl (C=O) groups excluding carboxylic acids is 1. The quantitative estimate of drug-likeness (QED) is 0.875. The van der Waals surface area contributed by atoms with Gasteiger partial charge in [0.25, 0.3) is 5.91 Å². The van der Waals surface area contributed by atoms with E-state index in [0.717, 1.165) is 18.8 Å². The van der Waals surface area contributed by atoms with Crippen LogP contribution in [0.15, 0.2) is 0 Å². The lowest BCUT2D eigenvalue weighted by Gasteiger charge is -2.32. The summed E-state index contributed by atoms with van der Waals surface area (Å²) < 4.78 is 0. The molecule has 1 aliphatic heterocycles. The van der Waals surface area contributed by atoms with Gasteiger partial charge in [-0.2, -0.15) is 0 Å². The average Bonchev–Trinajstić information content (AvgIpc) is 2.87. The van der Waals surface area contributed by atoms with Crippen molar-refractivity contribution < 1.29 is 4.79 Å². The number of hydrogen-bond donors (Lipinski definition) is 2. The van der Waals surface area contributed by atoms with Crippen LogP contribution in [-0.2, 0) is 5.41 Å². The van der Waals surface area contributed by atoms with E-state index in [2.05, 4.69) is 32.4 Å². The first-order valence-corrected chi connectivity index (χ1v) is 7.29. The van der Waals surface area contributed by atoms with Crippen molar-refractivity contribution in [2.75, 3.05) is 20.1 Å². The molecule has 1 amide bonds. The SMILES string of the molecule is CN1CCCCC1CNC(=O)c1n[nH]c(C(C)(C)C)n1. The number of likely N-dealkylation sites (N-methyl/N-ethyl adjacent to an activating group) is 1. The third-order valence-electron chi connectivity index (χ3n) is 3.82. The molecule has 112 valence electrons. The molecule has 0 spiro atoms. The van der Waals surface area contributed by atoms with Crippen LogP contribution in [-0.4, -0.2) is 52.2 Å². The second kappa shape index (κ2) is 5.91. The van der Waals surface area contributed by atoms with Crippen molar-refractivity contribution in [2.24, 2.45) is 0 Å². The summed E-state index contributed by atoms with van der Waals surface area (Å²) in [6.07, 6.45) is 3.62. The van der Waals surface area contributed by atoms with Gasteiger partial charge in [0.15, 0.2) is 0 Å². The Balaban J connectivity index is 1.90. The van der Waals surface area contributed by atoms with Crippen LogP contribution in [0.25, 0.3) is 0 Å². The number of rotatable bonds is 3. The van der Waals surface area contributed by atoms with Crippen molar-refractivity contribution in [3.05, 3.63) is 11.6 Å². The fraction of sp³-hybridized carbons (Fsp3) is 0.786. The van der Waals surface area contributed by atoms with Gasteiger partial charge in [0, 0.05) is 18.0 Å². The first kappa shape index (κ1) is 15.0. The average molecular weight is 279 g/mol. The van der Waals surface area contributed by atoms with E-state index in [4.69, 9.17) is 0 Å². The van der Waals surface area contributed by atoms with Gasteiger partial charge in [-0.05, 0) is 26.4 Å². The molecule has 1 unspecified atom stereocenters. The fourth-order valence-electron chi connectivity index (χ4n) is 2.39. The zero-order valence-corrected chi connectivity index (χ0v) is 12.9. The molecule has 1 aromatic rings. The third kappa shape index (κ3) is 3.56. The Morgan fingerprint density at radius 3 is 2.80 bits per heavy atom. The molecule has 0 bridgehead atoms. The maximum atomic E-state index is 12.1. The standard InChI is InChI=1S/C14H25N5O/c1-14(2,3)13-16-11(17-18-13)12(20)15-9-10-7-5-6-8-19(10)4/h10H,5-9H2,1-4H3,(H,15,20)(H,16,17,18). The molecule has 1 atom stereocenters. The van der Waals surface area contributed by atoms with Crippen molar-refractivity contribution in [3.63, 3.8) is 0 Å². The summed E-state index contributed by atoms with van der Waals surface area (Å²) in [7, 11) is 2.11. The van der Waals surface area contributed by atoms with Crippen LogP contribution in [0.1, 0.15) is 56.5 Å². The van der Waals surface area contributed by atoms with Crippen LogP contribution < -0.4 is 5.32 Å². The van der Waals surface area contributed by atoms with Gasteiger partial charge in [0.05, 0.1) is 0 Å². The summed E-state index contributed by atoms with van der Waals surface area (Å²) in [6.45, 7) is 7.87. The van der Waals surface area contributed by atoms with E-state index in [1.807, 2.05) is 20.8 Å². The van der Waals surface area contributed by atoms with Crippen LogP contribution in [0.3, 0.4) is 0 Å². The fourth-order valence-corrected chi connectivity index (χ4v) is 2.39. The Hall–Kier alpha value is -1.43. The largest absolute Gasteiger partial charge is 0.348 e. The highest BCUT2D eigenvalue weighted by Gasteiger charge is 2.23. The van der Waals surface area contributed by atoms with Gasteiger partial charge in [0.1, 0.15) is 5.82 Å². The van der Waals surface area contributed by atoms with Crippen LogP contribution in [0, 0.1) is 0 Å². The normalized spacial score (nSPS) is 20.9. The van der Waals surface area contributed by atoms with Gasteiger partial charge in [0.2, 0.25) is 5.82 Å². The third-order valence-corrected chi connectivity index (χ3v) is 3.82. The molecule has 2 N–H and O–H groups in total. The van der Waals surface area contributed by atoms with Gasteiger partial charge in [-0.25, -0.2) is 4.98 Å². The molecular weight excluding hydrogens is 254 g/mol. The molecule has 1 aromatic heterocycles. The van der Waals surface area contributed by atoms with Gasteiger partial charge in [-0.1, -0.05) is 27.2 Å². The Kier molecular flexibility index (Phi) is 4.42. The highest BCUT2D eigenvalue weighted by molar-refractivity contribution is 5.90. The summed E-state index contributed by atoms with van der Waals surface area (Å²) in [6, 6.07) is 0.425. The number of amides is 1. The molecule has 0 aromatic carbocycles. The maximum absolute atomic E-state index is 12.1. The van der Waals surface area contributed by atoms with Gasteiger partial charge in [-0.15, -0.1) is 5.10 Å². The van der Waals surface area contributed by atoms with Crippen molar-refractivity contribution in [2.45, 2.75) is 51.5 Å². The van der Waals surface area contributed by atoms with E-state index >= 15 is 0 Å². The molecule has 0 aliphatic carbocycles. The Morgan fingerprint density at radius 2 is 2.20 bits per heavy atom. The van der Waals surface area contributed by atoms with Crippen LogP contribution in [0.5, 0.6) is 0 Å². The molecule has 20 heavy (non-hydrogen) atoms. The number of hydrogen-bond acceptors (Lipinski definition) is 4. The van der Waals surface area contributed by atoms with Crippen LogP contribution >= 0.6 is 0 Å².